The molecule has 1 atom stereocenters. The maximum Gasteiger partial charge on any atom is 0.419 e. The van der Waals surface area contributed by atoms with Gasteiger partial charge in [0, 0.05) is 18.8 Å². The lowest BCUT2D eigenvalue weighted by Gasteiger charge is -2.37. The number of ether oxygens (including phenoxy) is 1. The fraction of sp³-hybridized carbons (Fsp3) is 0.304. The number of carbonyl (C=O) groups excluding carboxylic acids is 3. The minimum Gasteiger partial charge on any atom is -0.465 e. The van der Waals surface area contributed by atoms with Gasteiger partial charge in [0.15, 0.2) is 11.5 Å². The van der Waals surface area contributed by atoms with Crippen molar-refractivity contribution in [3.63, 3.8) is 0 Å². The highest BCUT2D eigenvalue weighted by molar-refractivity contribution is 6.32. The standard InChI is InChI=1S/C23H19ClF3N3O6/c1-3-35-20(32)14-11-29(13-7-8-16-17(9-13)36-22(34)28(16)2)21(33)30(19(14)31)10-12-5-4-6-15(18(12)24)23(25,26)27/h4-9,14H,3,10-11H2,1-2H3. The first kappa shape index (κ1) is 25.3. The summed E-state index contributed by atoms with van der Waals surface area (Å²) in [5.74, 6) is -3.90. The van der Waals surface area contributed by atoms with Crippen LogP contribution in [-0.2, 0) is 34.1 Å². The zero-order valence-corrected chi connectivity index (χ0v) is 19.7. The van der Waals surface area contributed by atoms with E-state index in [1.807, 2.05) is 0 Å². The predicted octanol–water partition coefficient (Wildman–Crippen LogP) is 3.95. The van der Waals surface area contributed by atoms with Crippen LogP contribution in [0.1, 0.15) is 18.1 Å². The highest BCUT2D eigenvalue weighted by Crippen LogP contribution is 2.37. The van der Waals surface area contributed by atoms with E-state index in [0.717, 1.165) is 17.0 Å². The number of nitrogens with zero attached hydrogens (tertiary/aromatic N) is 3. The summed E-state index contributed by atoms with van der Waals surface area (Å²) in [7, 11) is 1.50. The SMILES string of the molecule is CCOC(=O)C1CN(c2ccc3c(c2)oc(=O)n3C)C(=O)N(Cc2cccc(C(F)(F)F)c2Cl)C1=O. The Hall–Kier alpha value is -3.80. The lowest BCUT2D eigenvalue weighted by atomic mass is 10.0. The molecule has 1 aromatic heterocycles. The Labute approximate surface area is 206 Å². The molecule has 3 amide bonds. The van der Waals surface area contributed by atoms with Crippen LogP contribution in [0.5, 0.6) is 0 Å². The first-order valence-electron chi connectivity index (χ1n) is 10.7. The predicted molar refractivity (Wildman–Crippen MR) is 121 cm³/mol. The normalized spacial score (nSPS) is 16.7. The van der Waals surface area contributed by atoms with E-state index in [9.17, 15) is 32.3 Å². The number of hydrogen-bond acceptors (Lipinski definition) is 6. The Bertz CT molecular complexity index is 1430. The number of benzene rings is 2. The summed E-state index contributed by atoms with van der Waals surface area (Å²) in [6, 6.07) is 6.64. The number of aryl methyl sites for hydroxylation is 1. The number of oxazole rings is 1. The van der Waals surface area contributed by atoms with Gasteiger partial charge in [-0.15, -0.1) is 0 Å². The van der Waals surface area contributed by atoms with Gasteiger partial charge in [-0.25, -0.2) is 9.59 Å². The van der Waals surface area contributed by atoms with Gasteiger partial charge in [0.05, 0.1) is 35.8 Å². The van der Waals surface area contributed by atoms with Crippen LogP contribution in [-0.4, -0.2) is 40.5 Å². The van der Waals surface area contributed by atoms with E-state index < -0.39 is 52.9 Å². The molecule has 3 aromatic rings. The van der Waals surface area contributed by atoms with Crippen molar-refractivity contribution in [2.24, 2.45) is 13.0 Å². The van der Waals surface area contributed by atoms with Crippen LogP contribution in [0.25, 0.3) is 11.1 Å². The molecule has 9 nitrogen and oxygen atoms in total. The van der Waals surface area contributed by atoms with Gasteiger partial charge in [-0.3, -0.25) is 24.0 Å². The summed E-state index contributed by atoms with van der Waals surface area (Å²) in [4.78, 5) is 52.7. The summed E-state index contributed by atoms with van der Waals surface area (Å²) in [6.45, 7) is 0.512. The van der Waals surface area contributed by atoms with Gasteiger partial charge < -0.3 is 9.15 Å². The molecule has 0 bridgehead atoms. The molecule has 1 saturated heterocycles. The number of aromatic nitrogens is 1. The molecule has 1 fully saturated rings. The number of alkyl halides is 3. The topological polar surface area (TPSA) is 102 Å². The first-order chi connectivity index (χ1) is 16.9. The lowest BCUT2D eigenvalue weighted by Crippen LogP contribution is -2.58. The van der Waals surface area contributed by atoms with E-state index in [2.05, 4.69) is 0 Å². The number of imide groups is 1. The van der Waals surface area contributed by atoms with Crippen LogP contribution in [0.4, 0.5) is 23.7 Å². The average Bonchev–Trinajstić information content (AvgIpc) is 3.09. The van der Waals surface area contributed by atoms with Crippen molar-refractivity contribution in [1.82, 2.24) is 9.47 Å². The molecule has 2 aromatic carbocycles. The molecule has 1 aliphatic heterocycles. The minimum absolute atomic E-state index is 0.0306. The zero-order chi connectivity index (χ0) is 26.4. The maximum atomic E-state index is 13.4. The number of fused-ring (bicyclic) bond motifs is 1. The number of urea groups is 1. The third kappa shape index (κ3) is 4.43. The van der Waals surface area contributed by atoms with Gasteiger partial charge in [-0.2, -0.15) is 13.2 Å². The highest BCUT2D eigenvalue weighted by Gasteiger charge is 2.45. The maximum absolute atomic E-state index is 13.4. The van der Waals surface area contributed by atoms with E-state index in [0.29, 0.717) is 10.4 Å². The van der Waals surface area contributed by atoms with Crippen molar-refractivity contribution in [3.8, 4) is 0 Å². The van der Waals surface area contributed by atoms with Crippen LogP contribution in [0, 0.1) is 5.92 Å². The molecule has 0 spiro atoms. The number of hydrogen-bond donors (Lipinski definition) is 0. The zero-order valence-electron chi connectivity index (χ0n) is 19.0. The van der Waals surface area contributed by atoms with E-state index >= 15 is 0 Å². The molecule has 1 unspecified atom stereocenters. The van der Waals surface area contributed by atoms with E-state index in [4.69, 9.17) is 20.8 Å². The number of anilines is 1. The van der Waals surface area contributed by atoms with Crippen LogP contribution >= 0.6 is 11.6 Å². The summed E-state index contributed by atoms with van der Waals surface area (Å²) < 4.78 is 51.4. The smallest absolute Gasteiger partial charge is 0.419 e. The largest absolute Gasteiger partial charge is 0.465 e. The molecule has 190 valence electrons. The van der Waals surface area contributed by atoms with Crippen molar-refractivity contribution >= 4 is 46.3 Å². The minimum atomic E-state index is -4.75. The van der Waals surface area contributed by atoms with Gasteiger partial charge in [-0.05, 0) is 30.7 Å². The number of amides is 3. The van der Waals surface area contributed by atoms with Crippen LogP contribution in [0.2, 0.25) is 5.02 Å². The van der Waals surface area contributed by atoms with Gasteiger partial charge in [0.25, 0.3) is 0 Å². The van der Waals surface area contributed by atoms with Gasteiger partial charge >= 0.3 is 23.9 Å². The van der Waals surface area contributed by atoms with Crippen LogP contribution < -0.4 is 10.7 Å². The molecule has 2 heterocycles. The second-order valence-corrected chi connectivity index (χ2v) is 8.36. The van der Waals surface area contributed by atoms with Crippen molar-refractivity contribution in [3.05, 3.63) is 63.1 Å². The number of carbonyl (C=O) groups is 3. The number of rotatable bonds is 5. The van der Waals surface area contributed by atoms with Crippen LogP contribution in [0.15, 0.2) is 45.6 Å². The molecule has 36 heavy (non-hydrogen) atoms. The Kier molecular flexibility index (Phi) is 6.56. The molecule has 0 radical (unpaired) electrons. The van der Waals surface area contributed by atoms with Crippen molar-refractivity contribution in [1.29, 1.82) is 0 Å². The van der Waals surface area contributed by atoms with Crippen molar-refractivity contribution in [2.75, 3.05) is 18.1 Å². The Morgan fingerprint density at radius 3 is 2.58 bits per heavy atom. The molecule has 0 N–H and O–H groups in total. The Balaban J connectivity index is 1.76. The molecule has 0 aliphatic carbocycles. The third-order valence-electron chi connectivity index (χ3n) is 5.76. The van der Waals surface area contributed by atoms with E-state index in [1.165, 1.54) is 35.9 Å². The van der Waals surface area contributed by atoms with Crippen LogP contribution in [0.3, 0.4) is 0 Å². The third-order valence-corrected chi connectivity index (χ3v) is 6.21. The summed E-state index contributed by atoms with van der Waals surface area (Å²) in [5.41, 5.74) is -0.462. The fourth-order valence-electron chi connectivity index (χ4n) is 3.93. The van der Waals surface area contributed by atoms with Crippen molar-refractivity contribution < 1.29 is 36.7 Å². The highest BCUT2D eigenvalue weighted by atomic mass is 35.5. The van der Waals surface area contributed by atoms with Gasteiger partial charge in [0.2, 0.25) is 5.91 Å². The second kappa shape index (κ2) is 9.34. The number of esters is 1. The van der Waals surface area contributed by atoms with Gasteiger partial charge in [0.1, 0.15) is 0 Å². The second-order valence-electron chi connectivity index (χ2n) is 7.98. The summed E-state index contributed by atoms with van der Waals surface area (Å²) in [5, 5.41) is -0.664. The molecule has 1 aliphatic rings. The summed E-state index contributed by atoms with van der Waals surface area (Å²) >= 11 is 5.97. The van der Waals surface area contributed by atoms with Crippen molar-refractivity contribution in [2.45, 2.75) is 19.6 Å². The lowest BCUT2D eigenvalue weighted by molar-refractivity contribution is -0.154. The quantitative estimate of drug-likeness (QED) is 0.369. The fourth-order valence-corrected chi connectivity index (χ4v) is 4.22. The Morgan fingerprint density at radius 1 is 1.19 bits per heavy atom. The monoisotopic (exact) mass is 525 g/mol. The number of halogens is 4. The van der Waals surface area contributed by atoms with E-state index in [1.54, 1.807) is 6.92 Å². The Morgan fingerprint density at radius 2 is 1.92 bits per heavy atom. The van der Waals surface area contributed by atoms with E-state index in [-0.39, 0.29) is 30.0 Å². The first-order valence-corrected chi connectivity index (χ1v) is 11.1. The van der Waals surface area contributed by atoms with Gasteiger partial charge in [-0.1, -0.05) is 23.7 Å². The molecule has 4 rings (SSSR count). The molecular weight excluding hydrogens is 507 g/mol. The average molecular weight is 526 g/mol. The molecular formula is C23H19ClF3N3O6. The summed E-state index contributed by atoms with van der Waals surface area (Å²) in [6.07, 6.45) is -4.75. The molecule has 13 heteroatoms. The molecule has 0 saturated carbocycles.